The van der Waals surface area contributed by atoms with Crippen LogP contribution in [0, 0.1) is 5.82 Å². The van der Waals surface area contributed by atoms with Gasteiger partial charge in [-0.05, 0) is 35.7 Å². The van der Waals surface area contributed by atoms with Crippen molar-refractivity contribution in [1.82, 2.24) is 10.2 Å². The van der Waals surface area contributed by atoms with Crippen LogP contribution in [0.25, 0.3) is 11.3 Å². The Balaban J connectivity index is 1.38. The first-order chi connectivity index (χ1) is 13.3. The van der Waals surface area contributed by atoms with Crippen LogP contribution in [0.1, 0.15) is 16.7 Å². The molecule has 0 aliphatic carbocycles. The number of hydrogen-bond donors (Lipinski definition) is 1. The van der Waals surface area contributed by atoms with E-state index in [0.29, 0.717) is 23.9 Å². The van der Waals surface area contributed by atoms with Crippen molar-refractivity contribution in [3.63, 3.8) is 0 Å². The van der Waals surface area contributed by atoms with Crippen LogP contribution < -0.4 is 5.32 Å². The molecule has 1 saturated heterocycles. The number of furan rings is 1. The van der Waals surface area contributed by atoms with E-state index in [0.717, 1.165) is 38.6 Å². The van der Waals surface area contributed by atoms with E-state index in [9.17, 15) is 4.39 Å². The monoisotopic (exact) mass is 386 g/mol. The minimum atomic E-state index is -0.267. The molecule has 142 valence electrons. The quantitative estimate of drug-likeness (QED) is 0.657. The van der Waals surface area contributed by atoms with Crippen LogP contribution in [0.5, 0.6) is 0 Å². The maximum atomic E-state index is 13.9. The van der Waals surface area contributed by atoms with E-state index in [2.05, 4.69) is 27.7 Å². The van der Waals surface area contributed by atoms with E-state index >= 15 is 0 Å². The lowest BCUT2D eigenvalue weighted by Crippen LogP contribution is -2.42. The first-order valence-electron chi connectivity index (χ1n) is 9.21. The van der Waals surface area contributed by atoms with Crippen LogP contribution >= 0.6 is 11.3 Å². The summed E-state index contributed by atoms with van der Waals surface area (Å²) in [6.07, 6.45) is 0. The molecule has 1 atom stereocenters. The second kappa shape index (κ2) is 8.80. The summed E-state index contributed by atoms with van der Waals surface area (Å²) in [5.41, 5.74) is 0.494. The van der Waals surface area contributed by atoms with Crippen LogP contribution in [-0.4, -0.2) is 37.7 Å². The first kappa shape index (κ1) is 18.4. The molecule has 1 unspecified atom stereocenters. The molecule has 1 aliphatic heterocycles. The third kappa shape index (κ3) is 4.47. The lowest BCUT2D eigenvalue weighted by molar-refractivity contribution is 0.0167. The molecule has 4 rings (SSSR count). The second-order valence-electron chi connectivity index (χ2n) is 6.56. The topological polar surface area (TPSA) is 37.6 Å². The molecule has 0 spiro atoms. The maximum Gasteiger partial charge on any atom is 0.137 e. The number of benzene rings is 1. The number of hydrogen-bond acceptors (Lipinski definition) is 5. The summed E-state index contributed by atoms with van der Waals surface area (Å²) in [5, 5.41) is 5.62. The fourth-order valence-electron chi connectivity index (χ4n) is 3.39. The van der Waals surface area contributed by atoms with E-state index in [1.54, 1.807) is 23.5 Å². The summed E-state index contributed by atoms with van der Waals surface area (Å²) in [6, 6.07) is 15.0. The fraction of sp³-hybridized carbons (Fsp3) is 0.333. The second-order valence-corrected chi connectivity index (χ2v) is 7.54. The van der Waals surface area contributed by atoms with Gasteiger partial charge in [0.2, 0.25) is 0 Å². The molecule has 0 radical (unpaired) electrons. The minimum absolute atomic E-state index is 0.267. The number of halogens is 1. The van der Waals surface area contributed by atoms with Crippen LogP contribution in [0.15, 0.2) is 58.3 Å². The summed E-state index contributed by atoms with van der Waals surface area (Å²) in [6.45, 7) is 4.90. The van der Waals surface area contributed by atoms with Crippen LogP contribution in [0.4, 0.5) is 4.39 Å². The smallest absolute Gasteiger partial charge is 0.137 e. The third-order valence-electron chi connectivity index (χ3n) is 4.80. The highest BCUT2D eigenvalue weighted by atomic mass is 32.1. The molecule has 2 aromatic heterocycles. The predicted molar refractivity (Wildman–Crippen MR) is 105 cm³/mol. The zero-order valence-electron chi connectivity index (χ0n) is 15.1. The van der Waals surface area contributed by atoms with Gasteiger partial charge in [0.05, 0.1) is 31.4 Å². The number of rotatable bonds is 7. The fourth-order valence-corrected chi connectivity index (χ4v) is 4.25. The molecule has 0 bridgehead atoms. The van der Waals surface area contributed by atoms with Gasteiger partial charge in [-0.3, -0.25) is 4.90 Å². The van der Waals surface area contributed by atoms with Crippen molar-refractivity contribution < 1.29 is 13.5 Å². The molecular formula is C21H23FN2O2S. The van der Waals surface area contributed by atoms with Gasteiger partial charge < -0.3 is 14.5 Å². The Kier molecular flexibility index (Phi) is 5.99. The maximum absolute atomic E-state index is 13.9. The zero-order valence-corrected chi connectivity index (χ0v) is 15.9. The van der Waals surface area contributed by atoms with Gasteiger partial charge >= 0.3 is 0 Å². The van der Waals surface area contributed by atoms with Crippen molar-refractivity contribution in [3.8, 4) is 11.3 Å². The molecule has 1 N–H and O–H groups in total. The summed E-state index contributed by atoms with van der Waals surface area (Å²) >= 11 is 1.79. The van der Waals surface area contributed by atoms with Gasteiger partial charge in [0.1, 0.15) is 17.3 Å². The number of nitrogens with one attached hydrogen (secondary N) is 1. The van der Waals surface area contributed by atoms with Gasteiger partial charge in [0.25, 0.3) is 0 Å². The Labute approximate surface area is 162 Å². The van der Waals surface area contributed by atoms with E-state index < -0.39 is 0 Å². The molecule has 0 saturated carbocycles. The van der Waals surface area contributed by atoms with Gasteiger partial charge in [-0.1, -0.05) is 18.2 Å². The molecule has 1 aliphatic rings. The predicted octanol–water partition coefficient (Wildman–Crippen LogP) is 4.31. The van der Waals surface area contributed by atoms with Gasteiger partial charge in [0, 0.05) is 24.5 Å². The molecule has 0 amide bonds. The number of thiophene rings is 1. The standard InChI is InChI=1S/C21H23FN2O2S/c22-18-5-2-1-4-17(18)20-8-7-16(26-20)14-23-15-19(21-6-3-13-27-21)24-9-11-25-12-10-24/h1-8,13,19,23H,9-12,14-15H2. The van der Waals surface area contributed by atoms with Crippen LogP contribution in [0.3, 0.4) is 0 Å². The van der Waals surface area contributed by atoms with Gasteiger partial charge in [-0.25, -0.2) is 4.39 Å². The molecule has 1 fully saturated rings. The molecule has 3 heterocycles. The Morgan fingerprint density at radius 2 is 1.93 bits per heavy atom. The highest BCUT2D eigenvalue weighted by Crippen LogP contribution is 2.27. The van der Waals surface area contributed by atoms with E-state index in [1.807, 2.05) is 18.2 Å². The van der Waals surface area contributed by atoms with Gasteiger partial charge in [-0.15, -0.1) is 11.3 Å². The highest BCUT2D eigenvalue weighted by Gasteiger charge is 2.23. The number of ether oxygens (including phenoxy) is 1. The minimum Gasteiger partial charge on any atom is -0.460 e. The average Bonchev–Trinajstić information content (AvgIpc) is 3.39. The number of morpholine rings is 1. The van der Waals surface area contributed by atoms with Crippen molar-refractivity contribution in [2.75, 3.05) is 32.8 Å². The van der Waals surface area contributed by atoms with Gasteiger partial charge in [-0.2, -0.15) is 0 Å². The highest BCUT2D eigenvalue weighted by molar-refractivity contribution is 7.10. The lowest BCUT2D eigenvalue weighted by Gasteiger charge is -2.34. The van der Waals surface area contributed by atoms with Crippen molar-refractivity contribution in [3.05, 3.63) is 70.4 Å². The Hall–Kier alpha value is -1.99. The molecule has 3 aromatic rings. The van der Waals surface area contributed by atoms with Crippen molar-refractivity contribution in [2.45, 2.75) is 12.6 Å². The molecule has 6 heteroatoms. The normalized spacial score (nSPS) is 16.5. The third-order valence-corrected chi connectivity index (χ3v) is 5.77. The molecule has 27 heavy (non-hydrogen) atoms. The van der Waals surface area contributed by atoms with Crippen LogP contribution in [0.2, 0.25) is 0 Å². The first-order valence-corrected chi connectivity index (χ1v) is 10.1. The Morgan fingerprint density at radius 3 is 2.70 bits per heavy atom. The average molecular weight is 386 g/mol. The van der Waals surface area contributed by atoms with Crippen LogP contribution in [-0.2, 0) is 11.3 Å². The summed E-state index contributed by atoms with van der Waals surface area (Å²) in [7, 11) is 0. The largest absolute Gasteiger partial charge is 0.460 e. The summed E-state index contributed by atoms with van der Waals surface area (Å²) in [4.78, 5) is 3.82. The zero-order chi connectivity index (χ0) is 18.5. The lowest BCUT2D eigenvalue weighted by atomic mass is 10.1. The molecule has 1 aromatic carbocycles. The van der Waals surface area contributed by atoms with E-state index in [4.69, 9.17) is 9.15 Å². The van der Waals surface area contributed by atoms with Crippen molar-refractivity contribution in [1.29, 1.82) is 0 Å². The molecule has 4 nitrogen and oxygen atoms in total. The number of nitrogens with zero attached hydrogens (tertiary/aromatic N) is 1. The Bertz CT molecular complexity index is 844. The summed E-state index contributed by atoms with van der Waals surface area (Å²) in [5.74, 6) is 1.10. The van der Waals surface area contributed by atoms with Gasteiger partial charge in [0.15, 0.2) is 0 Å². The summed E-state index contributed by atoms with van der Waals surface area (Å²) < 4.78 is 25.2. The molecular weight excluding hydrogens is 363 g/mol. The van der Waals surface area contributed by atoms with Crippen molar-refractivity contribution in [2.24, 2.45) is 0 Å². The van der Waals surface area contributed by atoms with E-state index in [1.165, 1.54) is 10.9 Å². The van der Waals surface area contributed by atoms with E-state index in [-0.39, 0.29) is 5.82 Å². The Morgan fingerprint density at radius 1 is 1.07 bits per heavy atom. The SMILES string of the molecule is Fc1ccccc1-c1ccc(CNCC(c2cccs2)N2CCOCC2)o1. The van der Waals surface area contributed by atoms with Crippen molar-refractivity contribution >= 4 is 11.3 Å².